The van der Waals surface area contributed by atoms with Crippen LogP contribution in [0.25, 0.3) is 11.5 Å². The van der Waals surface area contributed by atoms with Crippen molar-refractivity contribution in [3.8, 4) is 11.5 Å². The topological polar surface area (TPSA) is 48.0 Å². The molecule has 0 unspecified atom stereocenters. The summed E-state index contributed by atoms with van der Waals surface area (Å²) in [5.41, 5.74) is 0.783. The normalized spacial score (nSPS) is 10.4. The van der Waals surface area contributed by atoms with E-state index in [-0.39, 0.29) is 0 Å². The van der Waals surface area contributed by atoms with Crippen molar-refractivity contribution in [2.45, 2.75) is 0 Å². The van der Waals surface area contributed by atoms with Crippen LogP contribution in [0.5, 0.6) is 0 Å². The number of hydrogen-bond donors (Lipinski definition) is 0. The number of nitrogens with zero attached hydrogens (tertiary/aromatic N) is 2. The second kappa shape index (κ2) is 3.42. The molecule has 0 atom stereocenters. The van der Waals surface area contributed by atoms with Gasteiger partial charge in [0.05, 0.1) is 0 Å². The van der Waals surface area contributed by atoms with E-state index in [1.54, 1.807) is 7.05 Å². The fraction of sp³-hybridized carbons (Fsp3) is 0.111. The third-order valence-electron chi connectivity index (χ3n) is 1.78. The van der Waals surface area contributed by atoms with E-state index in [4.69, 9.17) is 4.42 Å². The van der Waals surface area contributed by atoms with Crippen molar-refractivity contribution in [3.05, 3.63) is 39.3 Å². The highest BCUT2D eigenvalue weighted by molar-refractivity contribution is 9.10. The van der Waals surface area contributed by atoms with Crippen molar-refractivity contribution >= 4 is 15.9 Å². The predicted molar refractivity (Wildman–Crippen MR) is 54.9 cm³/mol. The Kier molecular flexibility index (Phi) is 2.25. The Bertz CT molecular complexity index is 498. The van der Waals surface area contributed by atoms with Gasteiger partial charge in [-0.1, -0.05) is 15.9 Å². The van der Waals surface area contributed by atoms with Crippen LogP contribution in [0.15, 0.2) is 37.9 Å². The first-order valence-corrected chi connectivity index (χ1v) is 4.76. The van der Waals surface area contributed by atoms with Gasteiger partial charge in [0, 0.05) is 17.1 Å². The molecule has 1 heterocycles. The van der Waals surface area contributed by atoms with Gasteiger partial charge < -0.3 is 4.42 Å². The van der Waals surface area contributed by atoms with Crippen LogP contribution < -0.4 is 5.76 Å². The molecule has 1 aromatic heterocycles. The third kappa shape index (κ3) is 1.63. The van der Waals surface area contributed by atoms with Gasteiger partial charge in [-0.2, -0.15) is 4.68 Å². The zero-order valence-electron chi connectivity index (χ0n) is 7.40. The largest absolute Gasteiger partial charge is 0.437 e. The molecule has 5 heteroatoms. The molecular formula is C9H7BrN2O2. The van der Waals surface area contributed by atoms with E-state index < -0.39 is 5.76 Å². The summed E-state index contributed by atoms with van der Waals surface area (Å²) >= 11 is 3.32. The lowest BCUT2D eigenvalue weighted by molar-refractivity contribution is 0.505. The maximum Gasteiger partial charge on any atom is 0.437 e. The molecule has 0 aliphatic rings. The quantitative estimate of drug-likeness (QED) is 0.780. The summed E-state index contributed by atoms with van der Waals surface area (Å²) in [6, 6.07) is 7.39. The van der Waals surface area contributed by atoms with Crippen LogP contribution in [0, 0.1) is 0 Å². The number of hydrogen-bond acceptors (Lipinski definition) is 3. The van der Waals surface area contributed by atoms with E-state index in [1.165, 1.54) is 0 Å². The lowest BCUT2D eigenvalue weighted by atomic mass is 10.2. The molecule has 4 nitrogen and oxygen atoms in total. The van der Waals surface area contributed by atoms with Crippen molar-refractivity contribution in [2.75, 3.05) is 0 Å². The average Bonchev–Trinajstić information content (AvgIpc) is 2.48. The van der Waals surface area contributed by atoms with Gasteiger partial charge in [0.1, 0.15) is 0 Å². The van der Waals surface area contributed by atoms with Crippen molar-refractivity contribution < 1.29 is 4.42 Å². The van der Waals surface area contributed by atoms with E-state index >= 15 is 0 Å². The fourth-order valence-corrected chi connectivity index (χ4v) is 1.32. The van der Waals surface area contributed by atoms with Gasteiger partial charge in [-0.3, -0.25) is 0 Å². The summed E-state index contributed by atoms with van der Waals surface area (Å²) < 4.78 is 7.06. The second-order valence-corrected chi connectivity index (χ2v) is 3.72. The molecule has 72 valence electrons. The maximum atomic E-state index is 11.0. The molecule has 0 amide bonds. The molecule has 0 N–H and O–H groups in total. The minimum Gasteiger partial charge on any atom is -0.388 e. The Labute approximate surface area is 88.3 Å². The standard InChI is InChI=1S/C9H7BrN2O2/c1-12-9(13)14-8(11-12)6-2-4-7(10)5-3-6/h2-5H,1H3. The highest BCUT2D eigenvalue weighted by Crippen LogP contribution is 2.18. The molecule has 1 aromatic carbocycles. The van der Waals surface area contributed by atoms with Gasteiger partial charge in [0.25, 0.3) is 0 Å². The number of aryl methyl sites for hydroxylation is 1. The number of rotatable bonds is 1. The molecule has 0 radical (unpaired) electrons. The molecule has 0 aliphatic carbocycles. The van der Waals surface area contributed by atoms with Crippen LogP contribution in [-0.2, 0) is 7.05 Å². The number of halogens is 1. The van der Waals surface area contributed by atoms with Crippen LogP contribution in [-0.4, -0.2) is 9.78 Å². The van der Waals surface area contributed by atoms with Gasteiger partial charge in [0.15, 0.2) is 0 Å². The molecular weight excluding hydrogens is 248 g/mol. The molecule has 0 saturated carbocycles. The van der Waals surface area contributed by atoms with Crippen LogP contribution in [0.2, 0.25) is 0 Å². The first-order valence-electron chi connectivity index (χ1n) is 3.97. The van der Waals surface area contributed by atoms with E-state index in [0.717, 1.165) is 14.7 Å². The highest BCUT2D eigenvalue weighted by atomic mass is 79.9. The lowest BCUT2D eigenvalue weighted by Gasteiger charge is -1.93. The minimum atomic E-state index is -0.456. The number of benzene rings is 1. The number of aromatic nitrogens is 2. The van der Waals surface area contributed by atoms with E-state index in [1.807, 2.05) is 24.3 Å². The molecule has 0 spiro atoms. The minimum absolute atomic E-state index is 0.338. The molecule has 0 saturated heterocycles. The highest BCUT2D eigenvalue weighted by Gasteiger charge is 2.06. The van der Waals surface area contributed by atoms with Gasteiger partial charge in [-0.05, 0) is 24.3 Å². The summed E-state index contributed by atoms with van der Waals surface area (Å²) in [6.07, 6.45) is 0. The molecule has 0 bridgehead atoms. The first kappa shape index (κ1) is 9.21. The smallest absolute Gasteiger partial charge is 0.388 e. The Morgan fingerprint density at radius 3 is 2.50 bits per heavy atom. The van der Waals surface area contributed by atoms with Crippen molar-refractivity contribution in [2.24, 2.45) is 7.05 Å². The molecule has 14 heavy (non-hydrogen) atoms. The first-order chi connectivity index (χ1) is 6.66. The summed E-state index contributed by atoms with van der Waals surface area (Å²) in [6.45, 7) is 0. The Balaban J connectivity index is 2.49. The van der Waals surface area contributed by atoms with Crippen molar-refractivity contribution in [1.29, 1.82) is 0 Å². The Morgan fingerprint density at radius 2 is 2.00 bits per heavy atom. The van der Waals surface area contributed by atoms with Crippen LogP contribution in [0.4, 0.5) is 0 Å². The Morgan fingerprint density at radius 1 is 1.36 bits per heavy atom. The maximum absolute atomic E-state index is 11.0. The van der Waals surface area contributed by atoms with Crippen molar-refractivity contribution in [3.63, 3.8) is 0 Å². The fourth-order valence-electron chi connectivity index (χ4n) is 1.06. The van der Waals surface area contributed by atoms with Crippen molar-refractivity contribution in [1.82, 2.24) is 9.78 Å². The summed E-state index contributed by atoms with van der Waals surface area (Å²) in [4.78, 5) is 11.0. The second-order valence-electron chi connectivity index (χ2n) is 2.80. The molecule has 0 aliphatic heterocycles. The SMILES string of the molecule is Cn1nc(-c2ccc(Br)cc2)oc1=O. The molecule has 2 rings (SSSR count). The van der Waals surface area contributed by atoms with Crippen LogP contribution in [0.3, 0.4) is 0 Å². The van der Waals surface area contributed by atoms with Gasteiger partial charge in [0.2, 0.25) is 5.89 Å². The summed E-state index contributed by atoms with van der Waals surface area (Å²) in [5, 5.41) is 3.93. The predicted octanol–water partition coefficient (Wildman–Crippen LogP) is 1.80. The monoisotopic (exact) mass is 254 g/mol. The zero-order chi connectivity index (χ0) is 10.1. The summed E-state index contributed by atoms with van der Waals surface area (Å²) in [5.74, 6) is -0.118. The Hall–Kier alpha value is -1.36. The van der Waals surface area contributed by atoms with Gasteiger partial charge in [-0.15, -0.1) is 5.10 Å². The molecule has 2 aromatic rings. The summed E-state index contributed by atoms with van der Waals surface area (Å²) in [7, 11) is 1.55. The third-order valence-corrected chi connectivity index (χ3v) is 2.31. The van der Waals surface area contributed by atoms with E-state index in [0.29, 0.717) is 5.89 Å². The zero-order valence-corrected chi connectivity index (χ0v) is 8.98. The van der Waals surface area contributed by atoms with Gasteiger partial charge >= 0.3 is 5.76 Å². The van der Waals surface area contributed by atoms with Crippen LogP contribution in [0.1, 0.15) is 0 Å². The average molecular weight is 255 g/mol. The van der Waals surface area contributed by atoms with Crippen LogP contribution >= 0.6 is 15.9 Å². The van der Waals surface area contributed by atoms with Gasteiger partial charge in [-0.25, -0.2) is 4.79 Å². The van der Waals surface area contributed by atoms with E-state index in [9.17, 15) is 4.79 Å². The lowest BCUT2D eigenvalue weighted by Crippen LogP contribution is -2.09. The van der Waals surface area contributed by atoms with E-state index in [2.05, 4.69) is 21.0 Å². The molecule has 0 fully saturated rings.